The molecule has 47 heavy (non-hydrogen) atoms. The first kappa shape index (κ1) is 35.0. The number of nitrogens with zero attached hydrogens (tertiary/aromatic N) is 3. The number of nitrogens with one attached hydrogen (secondary N) is 1. The van der Waals surface area contributed by atoms with Crippen LogP contribution in [0.5, 0.6) is 5.75 Å². The van der Waals surface area contributed by atoms with Crippen LogP contribution >= 0.6 is 34.3 Å². The summed E-state index contributed by atoms with van der Waals surface area (Å²) in [5.74, 6) is -2.75. The highest BCUT2D eigenvalue weighted by Gasteiger charge is 2.57. The molecule has 254 valence electrons. The molecule has 3 atom stereocenters. The second-order valence-electron chi connectivity index (χ2n) is 11.1. The topological polar surface area (TPSA) is 91.8 Å². The zero-order valence-corrected chi connectivity index (χ0v) is 27.4. The van der Waals surface area contributed by atoms with Gasteiger partial charge in [0, 0.05) is 49.1 Å². The predicted molar refractivity (Wildman–Crippen MR) is 162 cm³/mol. The van der Waals surface area contributed by atoms with Gasteiger partial charge in [0.05, 0.1) is 15.9 Å². The molecule has 5 rings (SSSR count). The summed E-state index contributed by atoms with van der Waals surface area (Å²) in [6.07, 6.45) is -7.96. The molecular weight excluding hydrogens is 694 g/mol. The number of aromatic nitrogens is 1. The molecule has 1 fully saturated rings. The van der Waals surface area contributed by atoms with E-state index in [4.69, 9.17) is 16.3 Å². The van der Waals surface area contributed by atoms with Gasteiger partial charge in [-0.05, 0) is 43.0 Å². The summed E-state index contributed by atoms with van der Waals surface area (Å²) in [6.45, 7) is 1.67. The van der Waals surface area contributed by atoms with Gasteiger partial charge in [-0.25, -0.2) is 0 Å². The minimum atomic E-state index is -4.92. The number of ether oxygens (including phenoxy) is 1. The van der Waals surface area contributed by atoms with Crippen molar-refractivity contribution in [3.63, 3.8) is 0 Å². The Morgan fingerprint density at radius 2 is 1.87 bits per heavy atom. The minimum absolute atomic E-state index is 0.00850. The van der Waals surface area contributed by atoms with Crippen molar-refractivity contribution in [3.8, 4) is 5.75 Å². The van der Waals surface area contributed by atoms with Crippen LogP contribution in [0.25, 0.3) is 0 Å². The van der Waals surface area contributed by atoms with Crippen LogP contribution in [0.4, 0.5) is 26.3 Å². The van der Waals surface area contributed by atoms with Crippen molar-refractivity contribution in [1.82, 2.24) is 20.1 Å². The number of pyridine rings is 1. The lowest BCUT2D eigenvalue weighted by molar-refractivity contribution is -0.164. The molecule has 2 aliphatic rings. The summed E-state index contributed by atoms with van der Waals surface area (Å²) >= 11 is 7.87. The molecule has 3 amide bonds. The van der Waals surface area contributed by atoms with Gasteiger partial charge >= 0.3 is 12.4 Å². The number of likely N-dealkylation sites (N-methyl/N-ethyl adjacent to an activating group) is 1. The fraction of sp³-hybridized carbons (Fsp3) is 0.467. The number of rotatable bonds is 7. The molecule has 3 aromatic heterocycles. The Labute approximate surface area is 278 Å². The highest BCUT2D eigenvalue weighted by Crippen LogP contribution is 2.45. The van der Waals surface area contributed by atoms with E-state index in [1.54, 1.807) is 13.0 Å². The molecule has 3 aromatic rings. The number of halogens is 7. The molecule has 0 saturated carbocycles. The zero-order valence-electron chi connectivity index (χ0n) is 25.0. The van der Waals surface area contributed by atoms with Gasteiger partial charge in [0.2, 0.25) is 11.5 Å². The van der Waals surface area contributed by atoms with Crippen LogP contribution in [0.1, 0.15) is 70.0 Å². The normalized spacial score (nSPS) is 21.7. The third-order valence-electron chi connectivity index (χ3n) is 8.27. The van der Waals surface area contributed by atoms with Crippen LogP contribution in [-0.2, 0) is 28.4 Å². The highest BCUT2D eigenvalue weighted by atomic mass is 35.5. The average molecular weight is 723 g/mol. The van der Waals surface area contributed by atoms with E-state index in [0.717, 1.165) is 39.6 Å². The van der Waals surface area contributed by atoms with Crippen molar-refractivity contribution >= 4 is 52.0 Å². The van der Waals surface area contributed by atoms with Crippen molar-refractivity contribution in [2.24, 2.45) is 0 Å². The Bertz CT molecular complexity index is 1660. The summed E-state index contributed by atoms with van der Waals surface area (Å²) in [5.41, 5.74) is -3.75. The average Bonchev–Trinajstić information content (AvgIpc) is 3.66. The van der Waals surface area contributed by atoms with Crippen molar-refractivity contribution in [2.75, 3.05) is 20.1 Å². The maximum atomic E-state index is 15.0. The van der Waals surface area contributed by atoms with Gasteiger partial charge in [-0.3, -0.25) is 19.4 Å². The van der Waals surface area contributed by atoms with E-state index in [1.807, 2.05) is 0 Å². The van der Waals surface area contributed by atoms with Crippen molar-refractivity contribution < 1.29 is 45.5 Å². The molecule has 1 N–H and O–H groups in total. The lowest BCUT2D eigenvalue weighted by atomic mass is 9.79. The van der Waals surface area contributed by atoms with Crippen molar-refractivity contribution in [2.45, 2.75) is 69.1 Å². The summed E-state index contributed by atoms with van der Waals surface area (Å²) < 4.78 is 89.4. The summed E-state index contributed by atoms with van der Waals surface area (Å²) in [4.78, 5) is 48.2. The predicted octanol–water partition coefficient (Wildman–Crippen LogP) is 6.99. The minimum Gasteiger partial charge on any atom is -0.474 e. The Hall–Kier alpha value is -3.37. The van der Waals surface area contributed by atoms with Crippen molar-refractivity contribution in [3.05, 3.63) is 66.8 Å². The number of alkyl halides is 6. The van der Waals surface area contributed by atoms with Gasteiger partial charge < -0.3 is 19.9 Å². The smallest absolute Gasteiger partial charge is 0.425 e. The molecule has 5 heterocycles. The number of amides is 3. The van der Waals surface area contributed by atoms with Gasteiger partial charge in [-0.1, -0.05) is 24.9 Å². The van der Waals surface area contributed by atoms with E-state index in [9.17, 15) is 40.7 Å². The number of hydrogen-bond acceptors (Lipinski definition) is 7. The number of carbonyl (C=O) groups excluding carboxylic acids is 3. The Morgan fingerprint density at radius 3 is 2.51 bits per heavy atom. The maximum absolute atomic E-state index is 15.0. The van der Waals surface area contributed by atoms with Gasteiger partial charge in [0.15, 0.2) is 0 Å². The molecule has 0 radical (unpaired) electrons. The molecule has 1 unspecified atom stereocenters. The van der Waals surface area contributed by atoms with E-state index >= 15 is 0 Å². The monoisotopic (exact) mass is 722 g/mol. The molecular formula is C30H29ClF6N4O4S2. The SMILES string of the molecule is CCC[C@H]1N(C(=O)c2ncccc2C(F)(F)F)CCC[C@@]1(Oc1csc(C(F)(F)F)c1)C(=O)N1CCc2sc(Cl)cc2C1C(=O)NC. The van der Waals surface area contributed by atoms with E-state index in [1.165, 1.54) is 23.3 Å². The molecule has 2 aliphatic heterocycles. The quantitative estimate of drug-likeness (QED) is 0.266. The molecule has 0 bridgehead atoms. The number of piperidine rings is 1. The van der Waals surface area contributed by atoms with Crippen LogP contribution in [0, 0.1) is 0 Å². The van der Waals surface area contributed by atoms with Crippen molar-refractivity contribution in [1.29, 1.82) is 0 Å². The lowest BCUT2D eigenvalue weighted by Gasteiger charge is -2.51. The largest absolute Gasteiger partial charge is 0.474 e. The third kappa shape index (κ3) is 6.68. The summed E-state index contributed by atoms with van der Waals surface area (Å²) in [7, 11) is 1.38. The van der Waals surface area contributed by atoms with E-state index in [2.05, 4.69) is 10.3 Å². The molecule has 0 aromatic carbocycles. The Kier molecular flexibility index (Phi) is 9.86. The summed E-state index contributed by atoms with van der Waals surface area (Å²) in [5, 5.41) is 3.63. The number of carbonyl (C=O) groups is 3. The number of fused-ring (bicyclic) bond motifs is 1. The van der Waals surface area contributed by atoms with Crippen LogP contribution in [0.15, 0.2) is 35.8 Å². The first-order chi connectivity index (χ1) is 22.1. The molecule has 8 nitrogen and oxygen atoms in total. The summed E-state index contributed by atoms with van der Waals surface area (Å²) in [6, 6.07) is 1.66. The Morgan fingerprint density at radius 1 is 1.13 bits per heavy atom. The lowest BCUT2D eigenvalue weighted by Crippen LogP contribution is -2.69. The van der Waals surface area contributed by atoms with E-state index in [0.29, 0.717) is 34.1 Å². The molecule has 0 aliphatic carbocycles. The van der Waals surface area contributed by atoms with Gasteiger partial charge in [0.25, 0.3) is 11.8 Å². The third-order valence-corrected chi connectivity index (χ3v) is 10.6. The molecule has 1 saturated heterocycles. The fourth-order valence-corrected chi connectivity index (χ4v) is 8.29. The zero-order chi connectivity index (χ0) is 34.3. The number of hydrogen-bond donors (Lipinski definition) is 1. The second kappa shape index (κ2) is 13.3. The first-order valence-corrected chi connectivity index (χ1v) is 16.7. The first-order valence-electron chi connectivity index (χ1n) is 14.6. The van der Waals surface area contributed by atoms with E-state index in [-0.39, 0.29) is 38.1 Å². The highest BCUT2D eigenvalue weighted by molar-refractivity contribution is 7.16. The maximum Gasteiger partial charge on any atom is 0.425 e. The fourth-order valence-electron chi connectivity index (χ4n) is 6.31. The van der Waals surface area contributed by atoms with Gasteiger partial charge in [-0.15, -0.1) is 22.7 Å². The Balaban J connectivity index is 1.65. The van der Waals surface area contributed by atoms with E-state index < -0.39 is 63.9 Å². The van der Waals surface area contributed by atoms with Crippen LogP contribution < -0.4 is 10.1 Å². The van der Waals surface area contributed by atoms with Gasteiger partial charge in [0.1, 0.15) is 22.4 Å². The number of likely N-dealkylation sites (tertiary alicyclic amines) is 1. The number of thiophene rings is 2. The van der Waals surface area contributed by atoms with Crippen LogP contribution in [-0.4, -0.2) is 64.3 Å². The second-order valence-corrected chi connectivity index (χ2v) is 13.8. The molecule has 17 heteroatoms. The van der Waals surface area contributed by atoms with Crippen LogP contribution in [0.2, 0.25) is 4.34 Å². The standard InChI is InChI=1S/C30H29ClF6N4O4S2/c1-3-6-20-28(45-16-13-21(46-15-16)30(35,36)37,9-5-11-40(20)26(43)23-18(29(32,33)34)7-4-10-39-23)27(44)41-12-8-19-17(14-22(31)47-19)24(41)25(42)38-2/h4,7,10,13-15,20,24H,3,5-6,8-9,11-12H2,1-2H3,(H,38,42)/t20-,24?,28+/m1/s1. The van der Waals surface area contributed by atoms with Crippen LogP contribution in [0.3, 0.4) is 0 Å². The van der Waals surface area contributed by atoms with Gasteiger partial charge in [-0.2, -0.15) is 26.3 Å². The molecule has 0 spiro atoms.